The average molecular weight is 207 g/mol. The molecular weight excluding hydrogens is 198 g/mol. The highest BCUT2D eigenvalue weighted by Crippen LogP contribution is 2.39. The summed E-state index contributed by atoms with van der Waals surface area (Å²) in [6.07, 6.45) is 0.649. The lowest BCUT2D eigenvalue weighted by atomic mass is 9.69. The first-order chi connectivity index (χ1) is 7.09. The van der Waals surface area contributed by atoms with Crippen molar-refractivity contribution in [1.82, 2.24) is 5.43 Å². The van der Waals surface area contributed by atoms with Gasteiger partial charge in [0.2, 0.25) is 5.91 Å². The van der Waals surface area contributed by atoms with Gasteiger partial charge in [-0.1, -0.05) is 0 Å². The van der Waals surface area contributed by atoms with Crippen LogP contribution in [0.25, 0.3) is 0 Å². The van der Waals surface area contributed by atoms with Crippen LogP contribution in [0.3, 0.4) is 0 Å². The van der Waals surface area contributed by atoms with Crippen LogP contribution in [0.2, 0.25) is 0 Å². The Balaban J connectivity index is 2.29. The molecule has 1 amide bonds. The van der Waals surface area contributed by atoms with Crippen LogP contribution in [-0.4, -0.2) is 22.7 Å². The molecule has 0 aromatic heterocycles. The molecule has 0 aromatic rings. The van der Waals surface area contributed by atoms with Crippen LogP contribution in [0, 0.1) is 22.7 Å². The smallest absolute Gasteiger partial charge is 0.324 e. The molecule has 0 saturated heterocycles. The standard InChI is InChI=1S/C9H9N3O3/c10-4-9(8(14)15)2-1-6-5(3-9)7(13)12-11-6/h5H,1-3H2,(H,12,13)(H,14,15). The molecule has 15 heavy (non-hydrogen) atoms. The van der Waals surface area contributed by atoms with Crippen molar-refractivity contribution in [1.29, 1.82) is 5.26 Å². The molecule has 0 aromatic carbocycles. The number of carbonyl (C=O) groups excluding carboxylic acids is 1. The Bertz CT molecular complexity index is 409. The zero-order valence-corrected chi connectivity index (χ0v) is 7.86. The molecule has 1 fully saturated rings. The highest BCUT2D eigenvalue weighted by molar-refractivity contribution is 6.09. The molecule has 0 bridgehead atoms. The van der Waals surface area contributed by atoms with E-state index in [-0.39, 0.29) is 18.7 Å². The van der Waals surface area contributed by atoms with Crippen LogP contribution in [0.15, 0.2) is 5.10 Å². The van der Waals surface area contributed by atoms with Gasteiger partial charge in [0.25, 0.3) is 0 Å². The first kappa shape index (κ1) is 9.65. The number of hydrogen-bond acceptors (Lipinski definition) is 4. The van der Waals surface area contributed by atoms with Crippen molar-refractivity contribution in [2.45, 2.75) is 19.3 Å². The van der Waals surface area contributed by atoms with E-state index in [4.69, 9.17) is 10.4 Å². The Morgan fingerprint density at radius 1 is 1.73 bits per heavy atom. The number of nitriles is 1. The second kappa shape index (κ2) is 3.05. The van der Waals surface area contributed by atoms with Gasteiger partial charge >= 0.3 is 5.97 Å². The second-order valence-corrected chi connectivity index (χ2v) is 3.83. The van der Waals surface area contributed by atoms with E-state index in [0.29, 0.717) is 12.1 Å². The van der Waals surface area contributed by atoms with E-state index in [1.807, 2.05) is 6.07 Å². The third-order valence-corrected chi connectivity index (χ3v) is 3.01. The predicted molar refractivity (Wildman–Crippen MR) is 48.6 cm³/mol. The third kappa shape index (κ3) is 1.28. The number of amides is 1. The zero-order chi connectivity index (χ0) is 11.1. The SMILES string of the molecule is N#CC1(C(=O)O)CCC2=NNC(=O)C2C1. The average Bonchev–Trinajstić information content (AvgIpc) is 2.59. The van der Waals surface area contributed by atoms with Crippen molar-refractivity contribution >= 4 is 17.6 Å². The highest BCUT2D eigenvalue weighted by Gasteiger charge is 2.49. The maximum absolute atomic E-state index is 11.3. The highest BCUT2D eigenvalue weighted by atomic mass is 16.4. The van der Waals surface area contributed by atoms with Gasteiger partial charge in [-0.2, -0.15) is 10.4 Å². The number of hydrazone groups is 1. The van der Waals surface area contributed by atoms with Gasteiger partial charge in [0.1, 0.15) is 0 Å². The van der Waals surface area contributed by atoms with E-state index in [2.05, 4.69) is 10.5 Å². The topological polar surface area (TPSA) is 103 Å². The monoisotopic (exact) mass is 207 g/mol. The molecule has 0 spiro atoms. The number of hydrogen-bond donors (Lipinski definition) is 2. The number of carboxylic acids is 1. The van der Waals surface area contributed by atoms with Gasteiger partial charge in [-0.05, 0) is 19.3 Å². The van der Waals surface area contributed by atoms with Gasteiger partial charge in [-0.3, -0.25) is 9.59 Å². The summed E-state index contributed by atoms with van der Waals surface area (Å²) in [6.45, 7) is 0. The van der Waals surface area contributed by atoms with Gasteiger partial charge in [-0.25, -0.2) is 5.43 Å². The molecule has 2 unspecified atom stereocenters. The van der Waals surface area contributed by atoms with Crippen LogP contribution >= 0.6 is 0 Å². The van der Waals surface area contributed by atoms with Gasteiger partial charge in [0.15, 0.2) is 5.41 Å². The third-order valence-electron chi connectivity index (χ3n) is 3.01. The molecule has 1 heterocycles. The van der Waals surface area contributed by atoms with Crippen LogP contribution < -0.4 is 5.43 Å². The lowest BCUT2D eigenvalue weighted by Gasteiger charge is -2.29. The number of carboxylic acid groups (broad SMARTS) is 1. The quantitative estimate of drug-likeness (QED) is 0.624. The molecule has 6 nitrogen and oxygen atoms in total. The van der Waals surface area contributed by atoms with Crippen molar-refractivity contribution in [3.8, 4) is 6.07 Å². The van der Waals surface area contributed by atoms with Crippen LogP contribution in [0.4, 0.5) is 0 Å². The minimum absolute atomic E-state index is 0.0312. The summed E-state index contributed by atoms with van der Waals surface area (Å²) in [5.41, 5.74) is 1.56. The Kier molecular flexibility index (Phi) is 1.96. The largest absolute Gasteiger partial charge is 0.480 e. The lowest BCUT2D eigenvalue weighted by molar-refractivity contribution is -0.147. The molecule has 1 saturated carbocycles. The van der Waals surface area contributed by atoms with E-state index in [9.17, 15) is 9.59 Å². The first-order valence-electron chi connectivity index (χ1n) is 4.60. The number of nitrogens with zero attached hydrogens (tertiary/aromatic N) is 2. The number of fused-ring (bicyclic) bond motifs is 1. The summed E-state index contributed by atoms with van der Waals surface area (Å²) in [7, 11) is 0. The number of nitrogens with one attached hydrogen (secondary N) is 1. The minimum Gasteiger partial charge on any atom is -0.480 e. The number of rotatable bonds is 1. The van der Waals surface area contributed by atoms with Crippen LogP contribution in [-0.2, 0) is 9.59 Å². The molecule has 78 valence electrons. The normalized spacial score (nSPS) is 33.7. The van der Waals surface area contributed by atoms with Crippen molar-refractivity contribution in [2.24, 2.45) is 16.4 Å². The predicted octanol–water partition coefficient (Wildman–Crippen LogP) is -0.133. The molecule has 2 rings (SSSR count). The molecule has 1 aliphatic heterocycles. The fraction of sp³-hybridized carbons (Fsp3) is 0.556. The van der Waals surface area contributed by atoms with Crippen molar-refractivity contribution in [3.05, 3.63) is 0 Å². The Labute approximate surface area is 85.6 Å². The van der Waals surface area contributed by atoms with E-state index < -0.39 is 17.3 Å². The fourth-order valence-corrected chi connectivity index (χ4v) is 2.01. The molecular formula is C9H9N3O3. The van der Waals surface area contributed by atoms with Crippen molar-refractivity contribution in [2.75, 3.05) is 0 Å². The van der Waals surface area contributed by atoms with E-state index in [1.54, 1.807) is 0 Å². The van der Waals surface area contributed by atoms with Crippen LogP contribution in [0.5, 0.6) is 0 Å². The summed E-state index contributed by atoms with van der Waals surface area (Å²) >= 11 is 0. The summed E-state index contributed by atoms with van der Waals surface area (Å²) in [5.74, 6) is -1.98. The van der Waals surface area contributed by atoms with Gasteiger partial charge in [0.05, 0.1) is 17.7 Å². The zero-order valence-electron chi connectivity index (χ0n) is 7.86. The maximum atomic E-state index is 11.3. The second-order valence-electron chi connectivity index (χ2n) is 3.83. The molecule has 2 aliphatic rings. The van der Waals surface area contributed by atoms with Crippen molar-refractivity contribution in [3.63, 3.8) is 0 Å². The Morgan fingerprint density at radius 2 is 2.47 bits per heavy atom. The van der Waals surface area contributed by atoms with E-state index in [1.165, 1.54) is 0 Å². The summed E-state index contributed by atoms with van der Waals surface area (Å²) in [4.78, 5) is 22.3. The molecule has 0 radical (unpaired) electrons. The minimum atomic E-state index is -1.43. The van der Waals surface area contributed by atoms with Crippen molar-refractivity contribution < 1.29 is 14.7 Å². The Hall–Kier alpha value is -1.90. The molecule has 6 heteroatoms. The summed E-state index contributed by atoms with van der Waals surface area (Å²) in [5, 5.41) is 21.7. The first-order valence-corrected chi connectivity index (χ1v) is 4.60. The lowest BCUT2D eigenvalue weighted by Crippen LogP contribution is -2.40. The van der Waals surface area contributed by atoms with E-state index >= 15 is 0 Å². The van der Waals surface area contributed by atoms with Gasteiger partial charge in [-0.15, -0.1) is 0 Å². The number of aliphatic carboxylic acids is 1. The summed E-state index contributed by atoms with van der Waals surface area (Å²) in [6, 6.07) is 1.82. The van der Waals surface area contributed by atoms with Crippen LogP contribution in [0.1, 0.15) is 19.3 Å². The summed E-state index contributed by atoms with van der Waals surface area (Å²) < 4.78 is 0. The molecule has 2 N–H and O–H groups in total. The maximum Gasteiger partial charge on any atom is 0.324 e. The van der Waals surface area contributed by atoms with Gasteiger partial charge < -0.3 is 5.11 Å². The molecule has 2 atom stereocenters. The molecule has 1 aliphatic carbocycles. The van der Waals surface area contributed by atoms with E-state index in [0.717, 1.165) is 0 Å². The number of carbonyl (C=O) groups is 2. The fourth-order valence-electron chi connectivity index (χ4n) is 2.01. The Morgan fingerprint density at radius 3 is 3.07 bits per heavy atom. The van der Waals surface area contributed by atoms with Gasteiger partial charge in [0, 0.05) is 0 Å².